The molecule has 5 nitrogen and oxygen atoms in total. The summed E-state index contributed by atoms with van der Waals surface area (Å²) >= 11 is 0. The molecule has 0 spiro atoms. The van der Waals surface area contributed by atoms with Gasteiger partial charge in [-0.15, -0.1) is 0 Å². The maximum absolute atomic E-state index is 12.8. The minimum atomic E-state index is -4.51. The van der Waals surface area contributed by atoms with Crippen LogP contribution in [0.1, 0.15) is 16.1 Å². The molecule has 3 rings (SSSR count). The number of imidazole rings is 1. The first-order valence-corrected chi connectivity index (χ1v) is 6.40. The Bertz CT molecular complexity index is 737. The van der Waals surface area contributed by atoms with Crippen molar-refractivity contribution in [3.63, 3.8) is 0 Å². The number of fused-ring (bicyclic) bond motifs is 3. The molecule has 0 saturated heterocycles. The van der Waals surface area contributed by atoms with E-state index in [1.807, 2.05) is 0 Å². The number of aromatic nitrogens is 2. The van der Waals surface area contributed by atoms with Crippen LogP contribution in [0.4, 0.5) is 13.2 Å². The second-order valence-electron chi connectivity index (χ2n) is 4.69. The second-order valence-corrected chi connectivity index (χ2v) is 4.69. The van der Waals surface area contributed by atoms with E-state index in [0.717, 1.165) is 6.20 Å². The van der Waals surface area contributed by atoms with Gasteiger partial charge in [0, 0.05) is 6.20 Å². The smallest absolute Gasteiger partial charge is 0.434 e. The summed E-state index contributed by atoms with van der Waals surface area (Å²) in [7, 11) is 1.25. The molecule has 1 aromatic carbocycles. The minimum Gasteiger partial charge on any atom is -0.491 e. The lowest BCUT2D eigenvalue weighted by Gasteiger charge is -2.08. The van der Waals surface area contributed by atoms with Crippen LogP contribution in [0.3, 0.4) is 0 Å². The number of hydrogen-bond donors (Lipinski definition) is 0. The minimum absolute atomic E-state index is 0.163. The summed E-state index contributed by atoms with van der Waals surface area (Å²) in [4.78, 5) is 15.2. The molecule has 0 bridgehead atoms. The van der Waals surface area contributed by atoms with Crippen LogP contribution in [0.25, 0.3) is 11.4 Å². The third-order valence-electron chi connectivity index (χ3n) is 3.30. The van der Waals surface area contributed by atoms with E-state index in [1.54, 1.807) is 0 Å². The van der Waals surface area contributed by atoms with Crippen LogP contribution in [-0.2, 0) is 17.5 Å². The van der Waals surface area contributed by atoms with E-state index in [9.17, 15) is 18.0 Å². The summed E-state index contributed by atoms with van der Waals surface area (Å²) in [6.07, 6.45) is -3.55. The molecule has 1 aliphatic rings. The number of hydrogen-bond acceptors (Lipinski definition) is 4. The number of halogens is 3. The van der Waals surface area contributed by atoms with E-state index in [1.165, 1.54) is 29.9 Å². The molecule has 0 atom stereocenters. The summed E-state index contributed by atoms with van der Waals surface area (Å²) in [5.41, 5.74) is -0.287. The van der Waals surface area contributed by atoms with Crippen molar-refractivity contribution in [2.45, 2.75) is 12.7 Å². The van der Waals surface area contributed by atoms with Gasteiger partial charge in [-0.25, -0.2) is 9.78 Å². The van der Waals surface area contributed by atoms with Gasteiger partial charge in [0.25, 0.3) is 0 Å². The molecule has 0 unspecified atom stereocenters. The van der Waals surface area contributed by atoms with Crippen molar-refractivity contribution in [2.24, 2.45) is 0 Å². The Labute approximate surface area is 123 Å². The Morgan fingerprint density at radius 3 is 2.86 bits per heavy atom. The summed E-state index contributed by atoms with van der Waals surface area (Å²) < 4.78 is 49.9. The predicted molar refractivity (Wildman–Crippen MR) is 69.5 cm³/mol. The Morgan fingerprint density at radius 2 is 2.18 bits per heavy atom. The van der Waals surface area contributed by atoms with Gasteiger partial charge in [-0.05, 0) is 18.2 Å². The Morgan fingerprint density at radius 1 is 1.41 bits per heavy atom. The number of ether oxygens (including phenoxy) is 2. The lowest BCUT2D eigenvalue weighted by Crippen LogP contribution is -2.07. The van der Waals surface area contributed by atoms with Gasteiger partial charge in [0.15, 0.2) is 5.69 Å². The molecular formula is C14H11F3N2O3. The maximum atomic E-state index is 12.8. The number of benzene rings is 1. The van der Waals surface area contributed by atoms with Gasteiger partial charge in [-0.3, -0.25) is 0 Å². The van der Waals surface area contributed by atoms with Gasteiger partial charge in [0.1, 0.15) is 18.2 Å². The zero-order chi connectivity index (χ0) is 15.9. The van der Waals surface area contributed by atoms with E-state index in [4.69, 9.17) is 4.74 Å². The van der Waals surface area contributed by atoms with Gasteiger partial charge in [-0.2, -0.15) is 13.2 Å². The summed E-state index contributed by atoms with van der Waals surface area (Å²) in [6, 6.07) is 4.41. The van der Waals surface area contributed by atoms with Crippen molar-refractivity contribution in [3.8, 4) is 17.1 Å². The Kier molecular flexibility index (Phi) is 3.31. The molecule has 0 aliphatic carbocycles. The van der Waals surface area contributed by atoms with Crippen LogP contribution in [0.15, 0.2) is 24.4 Å². The highest BCUT2D eigenvalue weighted by Gasteiger charge is 2.35. The average molecular weight is 312 g/mol. The fourth-order valence-electron chi connectivity index (χ4n) is 2.26. The largest absolute Gasteiger partial charge is 0.491 e. The highest BCUT2D eigenvalue weighted by molar-refractivity contribution is 5.91. The first kappa shape index (κ1) is 14.4. The number of carbonyl (C=O) groups excluding carboxylic acids is 1. The molecule has 116 valence electrons. The number of rotatable bonds is 1. The molecule has 2 aromatic rings. The van der Waals surface area contributed by atoms with Gasteiger partial charge in [-0.1, -0.05) is 0 Å². The molecule has 2 heterocycles. The van der Waals surface area contributed by atoms with E-state index < -0.39 is 17.8 Å². The summed E-state index contributed by atoms with van der Waals surface area (Å²) in [5, 5.41) is 0. The van der Waals surface area contributed by atoms with Crippen molar-refractivity contribution in [2.75, 3.05) is 13.7 Å². The Hall–Kier alpha value is -2.51. The monoisotopic (exact) mass is 312 g/mol. The fourth-order valence-corrected chi connectivity index (χ4v) is 2.26. The fraction of sp³-hybridized carbons (Fsp3) is 0.286. The highest BCUT2D eigenvalue weighted by atomic mass is 19.4. The summed E-state index contributed by atoms with van der Waals surface area (Å²) in [6.45, 7) is 0.416. The van der Waals surface area contributed by atoms with Gasteiger partial charge >= 0.3 is 12.1 Å². The van der Waals surface area contributed by atoms with Gasteiger partial charge in [0.2, 0.25) is 0 Å². The quantitative estimate of drug-likeness (QED) is 0.760. The van der Waals surface area contributed by atoms with Crippen LogP contribution in [0.5, 0.6) is 5.75 Å². The Balaban J connectivity index is 2.10. The zero-order valence-electron chi connectivity index (χ0n) is 11.5. The standard InChI is InChI=1S/C14H11F3N2O3/c1-21-13(20)8-2-3-9-10(6-8)22-5-4-19-7-11(14(15,16)17)18-12(9)19/h2-3,6-7H,4-5H2,1H3. The SMILES string of the molecule is COC(=O)c1ccc2c(c1)OCCn1cc(C(F)(F)F)nc1-2. The molecule has 1 aromatic heterocycles. The van der Waals surface area contributed by atoms with Gasteiger partial charge in [0.05, 0.1) is 24.8 Å². The predicted octanol–water partition coefficient (Wildman–Crippen LogP) is 2.75. The van der Waals surface area contributed by atoms with Crippen molar-refractivity contribution in [1.82, 2.24) is 9.55 Å². The molecule has 22 heavy (non-hydrogen) atoms. The van der Waals surface area contributed by atoms with Crippen molar-refractivity contribution in [1.29, 1.82) is 0 Å². The van der Waals surface area contributed by atoms with Crippen LogP contribution in [0, 0.1) is 0 Å². The highest BCUT2D eigenvalue weighted by Crippen LogP contribution is 2.36. The maximum Gasteiger partial charge on any atom is 0.434 e. The molecule has 0 N–H and O–H groups in total. The summed E-state index contributed by atoms with van der Waals surface area (Å²) in [5.74, 6) is -0.0767. The first-order valence-electron chi connectivity index (χ1n) is 6.40. The lowest BCUT2D eigenvalue weighted by molar-refractivity contribution is -0.140. The topological polar surface area (TPSA) is 53.4 Å². The van der Waals surface area contributed by atoms with E-state index in [2.05, 4.69) is 9.72 Å². The number of esters is 1. The van der Waals surface area contributed by atoms with Crippen LogP contribution >= 0.6 is 0 Å². The molecule has 0 radical (unpaired) electrons. The first-order chi connectivity index (χ1) is 10.4. The van der Waals surface area contributed by atoms with Crippen molar-refractivity contribution < 1.29 is 27.4 Å². The third-order valence-corrected chi connectivity index (χ3v) is 3.30. The lowest BCUT2D eigenvalue weighted by atomic mass is 10.1. The van der Waals surface area contributed by atoms with Crippen LogP contribution in [0.2, 0.25) is 0 Å². The van der Waals surface area contributed by atoms with Crippen molar-refractivity contribution in [3.05, 3.63) is 35.7 Å². The number of alkyl halides is 3. The number of methoxy groups -OCH3 is 1. The van der Waals surface area contributed by atoms with E-state index in [0.29, 0.717) is 11.3 Å². The number of nitrogens with zero attached hydrogens (tertiary/aromatic N) is 2. The van der Waals surface area contributed by atoms with Crippen molar-refractivity contribution >= 4 is 5.97 Å². The average Bonchev–Trinajstić information content (AvgIpc) is 2.83. The molecule has 1 aliphatic heterocycles. The molecule has 0 fully saturated rings. The van der Waals surface area contributed by atoms with E-state index in [-0.39, 0.29) is 24.5 Å². The molecule has 0 amide bonds. The van der Waals surface area contributed by atoms with E-state index >= 15 is 0 Å². The van der Waals surface area contributed by atoms with Crippen LogP contribution in [-0.4, -0.2) is 29.2 Å². The molecule has 8 heteroatoms. The third kappa shape index (κ3) is 2.40. The van der Waals surface area contributed by atoms with Crippen LogP contribution < -0.4 is 4.74 Å². The normalized spacial score (nSPS) is 13.6. The van der Waals surface area contributed by atoms with Gasteiger partial charge < -0.3 is 14.0 Å². The second kappa shape index (κ2) is 5.04. The zero-order valence-corrected chi connectivity index (χ0v) is 11.5. The molecule has 0 saturated carbocycles. The number of carbonyl (C=O) groups is 1. The molecular weight excluding hydrogens is 301 g/mol.